The summed E-state index contributed by atoms with van der Waals surface area (Å²) in [5.41, 5.74) is 1.46. The molecule has 1 aromatic heterocycles. The number of benzene rings is 2. The van der Waals surface area contributed by atoms with Gasteiger partial charge in [-0.1, -0.05) is 29.4 Å². The summed E-state index contributed by atoms with van der Waals surface area (Å²) in [6.07, 6.45) is 2.34. The van der Waals surface area contributed by atoms with Crippen LogP contribution in [-0.4, -0.2) is 53.7 Å². The number of likely N-dealkylation sites (tertiary alicyclic amines) is 1. The van der Waals surface area contributed by atoms with Crippen LogP contribution in [0.2, 0.25) is 0 Å². The topological polar surface area (TPSA) is 80.5 Å². The molecular formula is C24H25F3N4O3. The maximum atomic E-state index is 13.5. The third-order valence-corrected chi connectivity index (χ3v) is 5.63. The van der Waals surface area contributed by atoms with Crippen molar-refractivity contribution in [1.29, 1.82) is 0 Å². The number of carbonyl (C=O) groups excluding carboxylic acids is 1. The molecule has 180 valence electrons. The van der Waals surface area contributed by atoms with E-state index in [4.69, 9.17) is 4.52 Å². The second-order valence-corrected chi connectivity index (χ2v) is 8.16. The van der Waals surface area contributed by atoms with Crippen LogP contribution in [0.25, 0.3) is 11.4 Å². The number of alkyl halides is 2. The van der Waals surface area contributed by atoms with Gasteiger partial charge in [0.25, 0.3) is 0 Å². The van der Waals surface area contributed by atoms with Crippen LogP contribution in [0.1, 0.15) is 30.2 Å². The molecule has 1 amide bonds. The molecule has 1 fully saturated rings. The molecule has 0 bridgehead atoms. The zero-order valence-electron chi connectivity index (χ0n) is 18.4. The molecular weight excluding hydrogens is 449 g/mol. The molecule has 1 N–H and O–H groups in total. The van der Waals surface area contributed by atoms with Crippen molar-refractivity contribution in [2.75, 3.05) is 26.2 Å². The highest BCUT2D eigenvalue weighted by atomic mass is 19.3. The average molecular weight is 474 g/mol. The summed E-state index contributed by atoms with van der Waals surface area (Å²) in [6, 6.07) is 12.4. The highest BCUT2D eigenvalue weighted by Gasteiger charge is 2.27. The summed E-state index contributed by atoms with van der Waals surface area (Å²) in [4.78, 5) is 18.9. The van der Waals surface area contributed by atoms with Gasteiger partial charge in [-0.2, -0.15) is 13.8 Å². The van der Waals surface area contributed by atoms with E-state index >= 15 is 0 Å². The maximum absolute atomic E-state index is 13.5. The fraction of sp³-hybridized carbons (Fsp3) is 0.375. The standard InChI is InChI=1S/C24H25F3N4O3/c25-19-5-1-3-17(13-19)22-29-23(34-30-22)18-4-2-12-31(14-18)15-21(32)28-11-10-16-6-8-20(9-7-16)33-24(26)27/h1,3,5-9,13,18,24H,2,4,10-12,14-15H2,(H,28,32)/t18-/m0/s1. The van der Waals surface area contributed by atoms with Crippen LogP contribution >= 0.6 is 0 Å². The number of hydrogen-bond donors (Lipinski definition) is 1. The van der Waals surface area contributed by atoms with Crippen LogP contribution < -0.4 is 10.1 Å². The largest absolute Gasteiger partial charge is 0.435 e. The molecule has 3 aromatic rings. The Hall–Kier alpha value is -3.40. The van der Waals surface area contributed by atoms with E-state index in [-0.39, 0.29) is 29.9 Å². The Morgan fingerprint density at radius 1 is 1.24 bits per heavy atom. The fourth-order valence-electron chi connectivity index (χ4n) is 3.99. The molecule has 2 aromatic carbocycles. The molecule has 1 aliphatic heterocycles. The van der Waals surface area contributed by atoms with Crippen molar-refractivity contribution in [3.63, 3.8) is 0 Å². The minimum Gasteiger partial charge on any atom is -0.435 e. The molecule has 0 radical (unpaired) electrons. The Labute approximate surface area is 194 Å². The molecule has 1 saturated heterocycles. The van der Waals surface area contributed by atoms with Crippen molar-refractivity contribution in [3.8, 4) is 17.1 Å². The second kappa shape index (κ2) is 11.1. The monoisotopic (exact) mass is 474 g/mol. The van der Waals surface area contributed by atoms with Gasteiger partial charge in [-0.25, -0.2) is 4.39 Å². The number of nitrogens with zero attached hydrogens (tertiary/aromatic N) is 3. The van der Waals surface area contributed by atoms with Crippen LogP contribution in [0.15, 0.2) is 53.1 Å². The predicted octanol–water partition coefficient (Wildman–Crippen LogP) is 4.02. The predicted molar refractivity (Wildman–Crippen MR) is 118 cm³/mol. The molecule has 34 heavy (non-hydrogen) atoms. The quantitative estimate of drug-likeness (QED) is 0.505. The number of amides is 1. The minimum atomic E-state index is -2.85. The van der Waals surface area contributed by atoms with E-state index in [1.165, 1.54) is 24.3 Å². The van der Waals surface area contributed by atoms with Gasteiger partial charge in [-0.3, -0.25) is 9.69 Å². The summed E-state index contributed by atoms with van der Waals surface area (Å²) in [5.74, 6) is 0.486. The van der Waals surface area contributed by atoms with E-state index in [1.54, 1.807) is 24.3 Å². The van der Waals surface area contributed by atoms with Gasteiger partial charge < -0.3 is 14.6 Å². The molecule has 7 nitrogen and oxygen atoms in total. The highest BCUT2D eigenvalue weighted by molar-refractivity contribution is 5.78. The van der Waals surface area contributed by atoms with Crippen molar-refractivity contribution >= 4 is 5.91 Å². The van der Waals surface area contributed by atoms with Gasteiger partial charge in [-0.15, -0.1) is 0 Å². The first-order valence-electron chi connectivity index (χ1n) is 11.1. The summed E-state index contributed by atoms with van der Waals surface area (Å²) in [7, 11) is 0. The summed E-state index contributed by atoms with van der Waals surface area (Å²) in [6.45, 7) is -0.756. The van der Waals surface area contributed by atoms with Crippen LogP contribution in [-0.2, 0) is 11.2 Å². The van der Waals surface area contributed by atoms with Crippen molar-refractivity contribution in [2.24, 2.45) is 0 Å². The van der Waals surface area contributed by atoms with Crippen LogP contribution in [0, 0.1) is 5.82 Å². The molecule has 0 unspecified atom stereocenters. The number of rotatable bonds is 9. The third kappa shape index (κ3) is 6.57. The first-order valence-corrected chi connectivity index (χ1v) is 11.1. The van der Waals surface area contributed by atoms with E-state index in [0.29, 0.717) is 36.8 Å². The van der Waals surface area contributed by atoms with Gasteiger partial charge in [0.05, 0.1) is 12.5 Å². The first-order chi connectivity index (χ1) is 16.5. The van der Waals surface area contributed by atoms with Crippen LogP contribution in [0.5, 0.6) is 5.75 Å². The molecule has 1 atom stereocenters. The van der Waals surface area contributed by atoms with E-state index in [1.807, 2.05) is 4.90 Å². The number of hydrogen-bond acceptors (Lipinski definition) is 6. The number of ether oxygens (including phenoxy) is 1. The lowest BCUT2D eigenvalue weighted by Crippen LogP contribution is -2.42. The van der Waals surface area contributed by atoms with Gasteiger partial charge in [0, 0.05) is 18.7 Å². The van der Waals surface area contributed by atoms with Crippen molar-refractivity contribution in [3.05, 3.63) is 65.8 Å². The van der Waals surface area contributed by atoms with Gasteiger partial charge in [0.15, 0.2) is 0 Å². The van der Waals surface area contributed by atoms with E-state index < -0.39 is 6.61 Å². The lowest BCUT2D eigenvalue weighted by atomic mass is 9.98. The summed E-state index contributed by atoms with van der Waals surface area (Å²) in [5, 5.41) is 6.87. The zero-order chi connectivity index (χ0) is 23.9. The van der Waals surface area contributed by atoms with Crippen molar-refractivity contribution in [2.45, 2.75) is 31.8 Å². The van der Waals surface area contributed by atoms with Crippen molar-refractivity contribution < 1.29 is 27.2 Å². The number of halogens is 3. The molecule has 2 heterocycles. The summed E-state index contributed by atoms with van der Waals surface area (Å²) >= 11 is 0. The minimum absolute atomic E-state index is 0.00494. The van der Waals surface area contributed by atoms with Crippen molar-refractivity contribution in [1.82, 2.24) is 20.4 Å². The van der Waals surface area contributed by atoms with E-state index in [0.717, 1.165) is 24.9 Å². The van der Waals surface area contributed by atoms with Gasteiger partial charge in [0.1, 0.15) is 11.6 Å². The fourth-order valence-corrected chi connectivity index (χ4v) is 3.99. The SMILES string of the molecule is O=C(CN1CCC[C@H](c2nc(-c3cccc(F)c3)no2)C1)NCCc1ccc(OC(F)F)cc1. The highest BCUT2D eigenvalue weighted by Crippen LogP contribution is 2.27. The number of piperidine rings is 1. The number of nitrogens with one attached hydrogen (secondary N) is 1. The second-order valence-electron chi connectivity index (χ2n) is 8.16. The van der Waals surface area contributed by atoms with E-state index in [2.05, 4.69) is 20.2 Å². The Bertz CT molecular complexity index is 1090. The Balaban J connectivity index is 1.23. The zero-order valence-corrected chi connectivity index (χ0v) is 18.4. The van der Waals surface area contributed by atoms with Crippen LogP contribution in [0.3, 0.4) is 0 Å². The molecule has 0 aliphatic carbocycles. The maximum Gasteiger partial charge on any atom is 0.387 e. The summed E-state index contributed by atoms with van der Waals surface area (Å²) < 4.78 is 47.7. The Morgan fingerprint density at radius 3 is 2.82 bits per heavy atom. The number of aromatic nitrogens is 2. The lowest BCUT2D eigenvalue weighted by Gasteiger charge is -2.30. The molecule has 0 saturated carbocycles. The van der Waals surface area contributed by atoms with Crippen LogP contribution in [0.4, 0.5) is 13.2 Å². The third-order valence-electron chi connectivity index (χ3n) is 5.63. The van der Waals surface area contributed by atoms with Gasteiger partial charge in [-0.05, 0) is 55.6 Å². The molecule has 1 aliphatic rings. The lowest BCUT2D eigenvalue weighted by molar-refractivity contribution is -0.122. The Morgan fingerprint density at radius 2 is 2.06 bits per heavy atom. The first kappa shape index (κ1) is 23.7. The number of carbonyl (C=O) groups is 1. The molecule has 10 heteroatoms. The average Bonchev–Trinajstić information content (AvgIpc) is 3.31. The van der Waals surface area contributed by atoms with E-state index in [9.17, 15) is 18.0 Å². The smallest absolute Gasteiger partial charge is 0.387 e. The normalized spacial score (nSPS) is 16.5. The van der Waals surface area contributed by atoms with Gasteiger partial charge in [0.2, 0.25) is 17.6 Å². The molecule has 4 rings (SSSR count). The van der Waals surface area contributed by atoms with Gasteiger partial charge >= 0.3 is 6.61 Å². The molecule has 0 spiro atoms. The Kier molecular flexibility index (Phi) is 7.79.